The normalized spacial score (nSPS) is 11.9. The highest BCUT2D eigenvalue weighted by molar-refractivity contribution is 5.78. The first kappa shape index (κ1) is 15.1. The fourth-order valence-electron chi connectivity index (χ4n) is 2.01. The van der Waals surface area contributed by atoms with Crippen LogP contribution in [-0.4, -0.2) is 24.2 Å². The highest BCUT2D eigenvalue weighted by Crippen LogP contribution is 2.18. The first-order chi connectivity index (χ1) is 10.2. The van der Waals surface area contributed by atoms with E-state index >= 15 is 0 Å². The molecular formula is C16H19NO4. The molecule has 21 heavy (non-hydrogen) atoms. The van der Waals surface area contributed by atoms with E-state index in [1.807, 2.05) is 31.2 Å². The van der Waals surface area contributed by atoms with Crippen LogP contribution in [0.5, 0.6) is 5.75 Å². The number of aryl methyl sites for hydroxylation is 1. The van der Waals surface area contributed by atoms with Gasteiger partial charge in [0, 0.05) is 0 Å². The molecule has 0 aliphatic rings. The van der Waals surface area contributed by atoms with Gasteiger partial charge in [0.25, 0.3) is 5.91 Å². The lowest BCUT2D eigenvalue weighted by Crippen LogP contribution is -2.34. The van der Waals surface area contributed by atoms with Gasteiger partial charge in [-0.25, -0.2) is 0 Å². The molecule has 1 atom stereocenters. The molecule has 2 rings (SSSR count). The Bertz CT molecular complexity index is 565. The van der Waals surface area contributed by atoms with Crippen molar-refractivity contribution in [2.75, 3.05) is 13.2 Å². The molecule has 0 fully saturated rings. The van der Waals surface area contributed by atoms with E-state index in [-0.39, 0.29) is 19.1 Å². The number of aliphatic hydroxyl groups excluding tert-OH is 1. The number of aliphatic hydroxyl groups is 1. The SMILES string of the molecule is CCc1ccccc1OCC(=O)NC(CO)c1ccco1. The predicted molar refractivity (Wildman–Crippen MR) is 78.0 cm³/mol. The summed E-state index contributed by atoms with van der Waals surface area (Å²) in [7, 11) is 0. The number of furan rings is 1. The molecule has 2 N–H and O–H groups in total. The smallest absolute Gasteiger partial charge is 0.258 e. The van der Waals surface area contributed by atoms with Crippen molar-refractivity contribution in [2.45, 2.75) is 19.4 Å². The fourth-order valence-corrected chi connectivity index (χ4v) is 2.01. The fraction of sp³-hybridized carbons (Fsp3) is 0.312. The lowest BCUT2D eigenvalue weighted by atomic mass is 10.1. The molecule has 0 aliphatic carbocycles. The zero-order chi connectivity index (χ0) is 15.1. The van der Waals surface area contributed by atoms with E-state index in [1.54, 1.807) is 12.1 Å². The molecule has 1 aromatic heterocycles. The molecule has 2 aromatic rings. The number of ether oxygens (including phenoxy) is 1. The summed E-state index contributed by atoms with van der Waals surface area (Å²) in [5.74, 6) is 0.907. The number of amides is 1. The Morgan fingerprint density at radius 2 is 2.14 bits per heavy atom. The first-order valence-corrected chi connectivity index (χ1v) is 6.89. The van der Waals surface area contributed by atoms with Gasteiger partial charge in [-0.15, -0.1) is 0 Å². The molecule has 1 unspecified atom stereocenters. The van der Waals surface area contributed by atoms with Gasteiger partial charge in [-0.1, -0.05) is 25.1 Å². The van der Waals surface area contributed by atoms with Gasteiger partial charge in [0.15, 0.2) is 6.61 Å². The van der Waals surface area contributed by atoms with Crippen molar-refractivity contribution < 1.29 is 19.1 Å². The molecule has 0 aliphatic heterocycles. The van der Waals surface area contributed by atoms with Crippen molar-refractivity contribution in [3.05, 3.63) is 54.0 Å². The van der Waals surface area contributed by atoms with Gasteiger partial charge in [-0.2, -0.15) is 0 Å². The molecular weight excluding hydrogens is 270 g/mol. The molecule has 5 nitrogen and oxygen atoms in total. The quantitative estimate of drug-likeness (QED) is 0.818. The molecule has 0 spiro atoms. The maximum absolute atomic E-state index is 11.9. The Balaban J connectivity index is 1.90. The lowest BCUT2D eigenvalue weighted by Gasteiger charge is -2.15. The van der Waals surface area contributed by atoms with E-state index in [2.05, 4.69) is 5.32 Å². The van der Waals surface area contributed by atoms with E-state index in [4.69, 9.17) is 9.15 Å². The van der Waals surface area contributed by atoms with Crippen molar-refractivity contribution >= 4 is 5.91 Å². The van der Waals surface area contributed by atoms with Crippen molar-refractivity contribution in [3.8, 4) is 5.75 Å². The Labute approximate surface area is 123 Å². The summed E-state index contributed by atoms with van der Waals surface area (Å²) in [6.45, 7) is 1.69. The molecule has 0 saturated carbocycles. The zero-order valence-corrected chi connectivity index (χ0v) is 11.9. The average Bonchev–Trinajstić information content (AvgIpc) is 3.05. The number of carbonyl (C=O) groups is 1. The molecule has 0 saturated heterocycles. The van der Waals surface area contributed by atoms with Crippen LogP contribution in [0.15, 0.2) is 47.1 Å². The monoisotopic (exact) mass is 289 g/mol. The lowest BCUT2D eigenvalue weighted by molar-refractivity contribution is -0.124. The number of rotatable bonds is 7. The second-order valence-electron chi connectivity index (χ2n) is 4.57. The van der Waals surface area contributed by atoms with Crippen LogP contribution in [0, 0.1) is 0 Å². The van der Waals surface area contributed by atoms with Crippen molar-refractivity contribution in [1.82, 2.24) is 5.32 Å². The third-order valence-corrected chi connectivity index (χ3v) is 3.12. The summed E-state index contributed by atoms with van der Waals surface area (Å²) >= 11 is 0. The topological polar surface area (TPSA) is 71.7 Å². The van der Waals surface area contributed by atoms with Crippen molar-refractivity contribution in [3.63, 3.8) is 0 Å². The largest absolute Gasteiger partial charge is 0.483 e. The Morgan fingerprint density at radius 3 is 2.81 bits per heavy atom. The van der Waals surface area contributed by atoms with E-state index in [0.717, 1.165) is 12.0 Å². The number of para-hydroxylation sites is 1. The van der Waals surface area contributed by atoms with Crippen LogP contribution in [0.3, 0.4) is 0 Å². The number of hydrogen-bond acceptors (Lipinski definition) is 4. The average molecular weight is 289 g/mol. The Morgan fingerprint density at radius 1 is 1.33 bits per heavy atom. The van der Waals surface area contributed by atoms with Gasteiger partial charge in [-0.3, -0.25) is 4.79 Å². The van der Waals surface area contributed by atoms with E-state index in [0.29, 0.717) is 11.5 Å². The van der Waals surface area contributed by atoms with Gasteiger partial charge in [0.05, 0.1) is 12.9 Å². The van der Waals surface area contributed by atoms with Crippen LogP contribution in [0.25, 0.3) is 0 Å². The summed E-state index contributed by atoms with van der Waals surface area (Å²) in [4.78, 5) is 11.9. The second-order valence-corrected chi connectivity index (χ2v) is 4.57. The van der Waals surface area contributed by atoms with Crippen molar-refractivity contribution in [2.24, 2.45) is 0 Å². The molecule has 0 radical (unpaired) electrons. The minimum Gasteiger partial charge on any atom is -0.483 e. The summed E-state index contributed by atoms with van der Waals surface area (Å²) in [5.41, 5.74) is 1.05. The third kappa shape index (κ3) is 4.10. The molecule has 1 heterocycles. The van der Waals surface area contributed by atoms with Crippen LogP contribution in [0.2, 0.25) is 0 Å². The van der Waals surface area contributed by atoms with Crippen LogP contribution < -0.4 is 10.1 Å². The number of nitrogens with one attached hydrogen (secondary N) is 1. The molecule has 1 aromatic carbocycles. The summed E-state index contributed by atoms with van der Waals surface area (Å²) < 4.78 is 10.7. The highest BCUT2D eigenvalue weighted by atomic mass is 16.5. The molecule has 112 valence electrons. The van der Waals surface area contributed by atoms with Gasteiger partial charge in [0.2, 0.25) is 0 Å². The maximum atomic E-state index is 11.9. The summed E-state index contributed by atoms with van der Waals surface area (Å²) in [5, 5.41) is 12.0. The molecule has 5 heteroatoms. The zero-order valence-electron chi connectivity index (χ0n) is 11.9. The van der Waals surface area contributed by atoms with Gasteiger partial charge < -0.3 is 19.6 Å². The molecule has 0 bridgehead atoms. The summed E-state index contributed by atoms with van der Waals surface area (Å²) in [6.07, 6.45) is 2.33. The maximum Gasteiger partial charge on any atom is 0.258 e. The minimum absolute atomic E-state index is 0.103. The van der Waals surface area contributed by atoms with Gasteiger partial charge >= 0.3 is 0 Å². The summed E-state index contributed by atoms with van der Waals surface area (Å²) in [6, 6.07) is 10.5. The Hall–Kier alpha value is -2.27. The van der Waals surface area contributed by atoms with E-state index in [9.17, 15) is 9.90 Å². The predicted octanol–water partition coefficient (Wildman–Crippen LogP) is 2.07. The third-order valence-electron chi connectivity index (χ3n) is 3.12. The number of carbonyl (C=O) groups excluding carboxylic acids is 1. The highest BCUT2D eigenvalue weighted by Gasteiger charge is 2.16. The number of benzene rings is 1. The van der Waals surface area contributed by atoms with E-state index in [1.165, 1.54) is 6.26 Å². The molecule has 1 amide bonds. The first-order valence-electron chi connectivity index (χ1n) is 6.89. The second kappa shape index (κ2) is 7.50. The van der Waals surface area contributed by atoms with Crippen LogP contribution in [0.4, 0.5) is 0 Å². The van der Waals surface area contributed by atoms with E-state index < -0.39 is 6.04 Å². The van der Waals surface area contributed by atoms with Crippen LogP contribution >= 0.6 is 0 Å². The standard InChI is InChI=1S/C16H19NO4/c1-2-12-6-3-4-7-14(12)21-11-16(19)17-13(10-18)15-8-5-9-20-15/h3-9,13,18H,2,10-11H2,1H3,(H,17,19). The van der Waals surface area contributed by atoms with Gasteiger partial charge in [-0.05, 0) is 30.2 Å². The minimum atomic E-state index is -0.558. The van der Waals surface area contributed by atoms with Crippen LogP contribution in [0.1, 0.15) is 24.3 Å². The van der Waals surface area contributed by atoms with Gasteiger partial charge in [0.1, 0.15) is 17.6 Å². The van der Waals surface area contributed by atoms with Crippen molar-refractivity contribution in [1.29, 1.82) is 0 Å². The number of hydrogen-bond donors (Lipinski definition) is 2. The Kier molecular flexibility index (Phi) is 5.40. The van der Waals surface area contributed by atoms with Crippen LogP contribution in [-0.2, 0) is 11.2 Å².